The average molecular weight is 537 g/mol. The number of nitrogens with zero attached hydrogens (tertiary/aromatic N) is 5. The molecule has 178 valence electrons. The smallest absolute Gasteiger partial charge is 0.388 e. The fraction of sp³-hybridized carbons (Fsp3) is 0.208. The van der Waals surface area contributed by atoms with Gasteiger partial charge in [0.2, 0.25) is 11.9 Å². The summed E-state index contributed by atoms with van der Waals surface area (Å²) in [4.78, 5) is 39.9. The number of para-hydroxylation sites is 2. The molecule has 3 heterocycles. The van der Waals surface area contributed by atoms with Gasteiger partial charge in [0.25, 0.3) is 5.88 Å². The van der Waals surface area contributed by atoms with Gasteiger partial charge >= 0.3 is 6.09 Å². The van der Waals surface area contributed by atoms with E-state index in [0.717, 1.165) is 12.8 Å². The van der Waals surface area contributed by atoms with Gasteiger partial charge in [-0.15, -0.1) is 0 Å². The van der Waals surface area contributed by atoms with Crippen LogP contribution in [0.1, 0.15) is 26.0 Å². The highest BCUT2D eigenvalue weighted by Crippen LogP contribution is 2.35. The Morgan fingerprint density at radius 3 is 2.29 bits per heavy atom. The van der Waals surface area contributed by atoms with Crippen molar-refractivity contribution in [1.82, 2.24) is 19.5 Å². The highest BCUT2D eigenvalue weighted by atomic mass is 79.9. The number of carbonyl (C=O) groups is 2. The zero-order valence-electron chi connectivity index (χ0n) is 18.7. The van der Waals surface area contributed by atoms with Crippen molar-refractivity contribution in [3.05, 3.63) is 65.4 Å². The number of benzene rings is 2. The first-order chi connectivity index (χ1) is 17.0. The van der Waals surface area contributed by atoms with Crippen LogP contribution in [0.5, 0.6) is 5.88 Å². The summed E-state index contributed by atoms with van der Waals surface area (Å²) in [6.45, 7) is 1.96. The Morgan fingerprint density at radius 2 is 1.71 bits per heavy atom. The number of hydrogen-bond donors (Lipinski definition) is 1. The maximum absolute atomic E-state index is 13.5. The van der Waals surface area contributed by atoms with E-state index >= 15 is 0 Å². The molecule has 10 nitrogen and oxygen atoms in total. The molecule has 0 saturated carbocycles. The van der Waals surface area contributed by atoms with Crippen LogP contribution in [-0.2, 0) is 9.53 Å². The molecular formula is C24H21BrN6O4. The van der Waals surface area contributed by atoms with Crippen LogP contribution in [-0.4, -0.2) is 38.1 Å². The summed E-state index contributed by atoms with van der Waals surface area (Å²) in [7, 11) is 0. The van der Waals surface area contributed by atoms with E-state index in [1.165, 1.54) is 11.8 Å². The third-order valence-corrected chi connectivity index (χ3v) is 5.90. The topological polar surface area (TPSA) is 111 Å². The minimum Gasteiger partial charge on any atom is -0.388 e. The second kappa shape index (κ2) is 9.80. The maximum atomic E-state index is 13.5. The van der Waals surface area contributed by atoms with Crippen LogP contribution >= 0.6 is 15.9 Å². The first-order valence-corrected chi connectivity index (χ1v) is 11.8. The van der Waals surface area contributed by atoms with Gasteiger partial charge in [-0.05, 0) is 53.0 Å². The van der Waals surface area contributed by atoms with Crippen LogP contribution in [0.4, 0.5) is 22.1 Å². The lowest BCUT2D eigenvalue weighted by Crippen LogP contribution is -2.29. The molecule has 2 aromatic carbocycles. The van der Waals surface area contributed by atoms with Gasteiger partial charge < -0.3 is 9.47 Å². The first kappa shape index (κ1) is 22.9. The van der Waals surface area contributed by atoms with E-state index in [0.29, 0.717) is 28.4 Å². The van der Waals surface area contributed by atoms with E-state index < -0.39 is 6.09 Å². The molecule has 1 saturated heterocycles. The van der Waals surface area contributed by atoms with Crippen molar-refractivity contribution in [3.8, 4) is 5.88 Å². The molecule has 35 heavy (non-hydrogen) atoms. The van der Waals surface area contributed by atoms with Gasteiger partial charge in [0.1, 0.15) is 6.23 Å². The first-order valence-electron chi connectivity index (χ1n) is 11.0. The number of carbonyl (C=O) groups excluding carboxylic acids is 2. The van der Waals surface area contributed by atoms with E-state index in [-0.39, 0.29) is 29.5 Å². The van der Waals surface area contributed by atoms with Crippen LogP contribution < -0.4 is 15.0 Å². The normalized spacial score (nSPS) is 15.2. The standard InChI is InChI=1S/C24H21BrN6O4/c1-15(32)26-23-28-20-19(27-22(25)31(20)18-13-8-14-34-18)21(29-23)35-24(33)30(16-9-4-2-5-10-16)17-11-6-3-7-12-17/h2-7,9-12,18H,8,13-14H2,1H3,(H,26,28,29,32). The quantitative estimate of drug-likeness (QED) is 0.349. The lowest BCUT2D eigenvalue weighted by molar-refractivity contribution is -0.114. The third-order valence-electron chi connectivity index (χ3n) is 5.34. The van der Waals surface area contributed by atoms with Crippen LogP contribution in [0.2, 0.25) is 0 Å². The molecule has 4 aromatic rings. The van der Waals surface area contributed by atoms with Gasteiger partial charge in [0, 0.05) is 13.5 Å². The Hall–Kier alpha value is -3.83. The predicted molar refractivity (Wildman–Crippen MR) is 133 cm³/mol. The summed E-state index contributed by atoms with van der Waals surface area (Å²) in [6, 6.07) is 18.2. The number of fused-ring (bicyclic) bond motifs is 1. The number of aromatic nitrogens is 4. The summed E-state index contributed by atoms with van der Waals surface area (Å²) >= 11 is 3.46. The number of ether oxygens (including phenoxy) is 2. The van der Waals surface area contributed by atoms with Crippen molar-refractivity contribution in [2.45, 2.75) is 26.0 Å². The predicted octanol–water partition coefficient (Wildman–Crippen LogP) is 5.19. The molecule has 0 radical (unpaired) electrons. The van der Waals surface area contributed by atoms with Crippen molar-refractivity contribution in [2.24, 2.45) is 0 Å². The Morgan fingerprint density at radius 1 is 1.06 bits per heavy atom. The fourth-order valence-corrected chi connectivity index (χ4v) is 4.44. The third kappa shape index (κ3) is 4.73. The number of amides is 2. The lowest BCUT2D eigenvalue weighted by atomic mass is 10.2. The van der Waals surface area contributed by atoms with Crippen molar-refractivity contribution < 1.29 is 19.1 Å². The second-order valence-electron chi connectivity index (χ2n) is 7.80. The highest BCUT2D eigenvalue weighted by Gasteiger charge is 2.28. The Labute approximate surface area is 209 Å². The van der Waals surface area contributed by atoms with Crippen molar-refractivity contribution >= 4 is 56.4 Å². The molecule has 1 aliphatic heterocycles. The highest BCUT2D eigenvalue weighted by molar-refractivity contribution is 9.10. The zero-order chi connectivity index (χ0) is 24.4. The summed E-state index contributed by atoms with van der Waals surface area (Å²) in [5, 5.41) is 2.57. The molecule has 1 fully saturated rings. The largest absolute Gasteiger partial charge is 0.425 e. The SMILES string of the molecule is CC(=O)Nc1nc(OC(=O)N(c2ccccc2)c2ccccc2)c2nc(Br)n(C3CCCO3)c2n1. The van der Waals surface area contributed by atoms with Crippen molar-refractivity contribution in [1.29, 1.82) is 0 Å². The molecule has 1 aliphatic rings. The number of nitrogens with one attached hydrogen (secondary N) is 1. The monoisotopic (exact) mass is 536 g/mol. The van der Waals surface area contributed by atoms with Crippen LogP contribution in [0, 0.1) is 0 Å². The second-order valence-corrected chi connectivity index (χ2v) is 8.51. The van der Waals surface area contributed by atoms with Gasteiger partial charge in [0.15, 0.2) is 15.9 Å². The molecule has 11 heteroatoms. The molecule has 1 atom stereocenters. The molecule has 0 bridgehead atoms. The molecule has 2 aromatic heterocycles. The van der Waals surface area contributed by atoms with Gasteiger partial charge in [0.05, 0.1) is 11.4 Å². The number of anilines is 3. The number of rotatable bonds is 5. The van der Waals surface area contributed by atoms with E-state index in [9.17, 15) is 9.59 Å². The van der Waals surface area contributed by atoms with Gasteiger partial charge in [-0.1, -0.05) is 36.4 Å². The molecule has 1 unspecified atom stereocenters. The number of hydrogen-bond acceptors (Lipinski definition) is 7. The zero-order valence-corrected chi connectivity index (χ0v) is 20.3. The van der Waals surface area contributed by atoms with Gasteiger partial charge in [-0.3, -0.25) is 14.7 Å². The van der Waals surface area contributed by atoms with E-state index in [4.69, 9.17) is 9.47 Å². The van der Waals surface area contributed by atoms with E-state index in [1.807, 2.05) is 36.4 Å². The van der Waals surface area contributed by atoms with Crippen LogP contribution in [0.3, 0.4) is 0 Å². The molecule has 0 spiro atoms. The molecular weight excluding hydrogens is 516 g/mol. The Balaban J connectivity index is 1.59. The molecule has 5 rings (SSSR count). The summed E-state index contributed by atoms with van der Waals surface area (Å²) in [6.07, 6.45) is 0.682. The van der Waals surface area contributed by atoms with Crippen molar-refractivity contribution in [3.63, 3.8) is 0 Å². The van der Waals surface area contributed by atoms with E-state index in [2.05, 4.69) is 36.2 Å². The molecule has 0 aliphatic carbocycles. The summed E-state index contributed by atoms with van der Waals surface area (Å²) in [5.74, 6) is -0.456. The minimum atomic E-state index is -0.695. The molecule has 2 amide bonds. The van der Waals surface area contributed by atoms with Crippen LogP contribution in [0.25, 0.3) is 11.2 Å². The Kier molecular flexibility index (Phi) is 6.43. The number of imidazole rings is 1. The van der Waals surface area contributed by atoms with Crippen molar-refractivity contribution in [2.75, 3.05) is 16.8 Å². The average Bonchev–Trinajstić information content (AvgIpc) is 3.47. The minimum absolute atomic E-state index is 0.00887. The Bertz CT molecular complexity index is 1330. The summed E-state index contributed by atoms with van der Waals surface area (Å²) < 4.78 is 13.8. The van der Waals surface area contributed by atoms with Gasteiger partial charge in [-0.25, -0.2) is 14.7 Å². The number of halogens is 1. The molecule has 1 N–H and O–H groups in total. The summed E-state index contributed by atoms with van der Waals surface area (Å²) in [5.41, 5.74) is 1.86. The maximum Gasteiger partial charge on any atom is 0.425 e. The van der Waals surface area contributed by atoms with E-state index in [1.54, 1.807) is 28.8 Å². The van der Waals surface area contributed by atoms with Crippen LogP contribution in [0.15, 0.2) is 65.4 Å². The van der Waals surface area contributed by atoms with Gasteiger partial charge in [-0.2, -0.15) is 9.97 Å². The lowest BCUT2D eigenvalue weighted by Gasteiger charge is -2.22. The fourth-order valence-electron chi connectivity index (χ4n) is 3.87.